The zero-order valence-electron chi connectivity index (χ0n) is 14.8. The molecule has 2 N–H and O–H groups in total. The lowest BCUT2D eigenvalue weighted by atomic mass is 9.77. The van der Waals surface area contributed by atoms with Crippen LogP contribution >= 0.6 is 0 Å². The molecule has 0 aromatic heterocycles. The smallest absolute Gasteiger partial charge is 0.306 e. The first kappa shape index (κ1) is 17.8. The molecule has 0 aliphatic heterocycles. The number of carbonyl (C=O) groups is 2. The minimum atomic E-state index is -0.714. The Balaban J connectivity index is 1.72. The van der Waals surface area contributed by atoms with Crippen LogP contribution < -0.4 is 10.1 Å². The molecular weight excluding hydrogens is 318 g/mol. The molecule has 0 spiro atoms. The van der Waals surface area contributed by atoms with Gasteiger partial charge in [0.1, 0.15) is 5.75 Å². The van der Waals surface area contributed by atoms with Gasteiger partial charge in [-0.05, 0) is 56.2 Å². The SMILES string of the molecule is COc1cccc(C2(C(=O)NC3CCC(C(=O)O)CC3)CCCC2)c1. The molecule has 2 fully saturated rings. The van der Waals surface area contributed by atoms with Crippen molar-refractivity contribution in [1.82, 2.24) is 5.32 Å². The summed E-state index contributed by atoms with van der Waals surface area (Å²) < 4.78 is 5.34. The molecule has 25 heavy (non-hydrogen) atoms. The summed E-state index contributed by atoms with van der Waals surface area (Å²) in [7, 11) is 1.64. The number of hydrogen-bond acceptors (Lipinski definition) is 3. The Bertz CT molecular complexity index is 628. The molecule has 0 atom stereocenters. The zero-order chi connectivity index (χ0) is 17.9. The van der Waals surface area contributed by atoms with Gasteiger partial charge in [-0.25, -0.2) is 0 Å². The number of carbonyl (C=O) groups excluding carboxylic acids is 1. The van der Waals surface area contributed by atoms with Gasteiger partial charge >= 0.3 is 5.97 Å². The van der Waals surface area contributed by atoms with E-state index in [1.54, 1.807) is 7.11 Å². The van der Waals surface area contributed by atoms with Gasteiger partial charge in [-0.3, -0.25) is 9.59 Å². The molecule has 1 aromatic rings. The number of benzene rings is 1. The lowest BCUT2D eigenvalue weighted by Gasteiger charge is -2.33. The Kier molecular flexibility index (Phi) is 5.30. The van der Waals surface area contributed by atoms with Crippen molar-refractivity contribution in [3.63, 3.8) is 0 Å². The normalized spacial score (nSPS) is 25.3. The van der Waals surface area contributed by atoms with Crippen molar-refractivity contribution < 1.29 is 19.4 Å². The van der Waals surface area contributed by atoms with Gasteiger partial charge in [0.15, 0.2) is 0 Å². The fourth-order valence-corrected chi connectivity index (χ4v) is 4.35. The summed E-state index contributed by atoms with van der Waals surface area (Å²) in [6.07, 6.45) is 6.60. The Morgan fingerprint density at radius 2 is 1.84 bits per heavy atom. The molecule has 0 bridgehead atoms. The summed E-state index contributed by atoms with van der Waals surface area (Å²) in [5, 5.41) is 12.3. The van der Waals surface area contributed by atoms with Crippen molar-refractivity contribution >= 4 is 11.9 Å². The number of rotatable bonds is 5. The number of nitrogens with one attached hydrogen (secondary N) is 1. The zero-order valence-corrected chi connectivity index (χ0v) is 14.8. The van der Waals surface area contributed by atoms with E-state index in [1.165, 1.54) is 0 Å². The number of carboxylic acids is 1. The summed E-state index contributed by atoms with van der Waals surface area (Å²) in [6.45, 7) is 0. The van der Waals surface area contributed by atoms with Crippen LogP contribution in [0.15, 0.2) is 24.3 Å². The fourth-order valence-electron chi connectivity index (χ4n) is 4.35. The van der Waals surface area contributed by atoms with E-state index in [9.17, 15) is 9.59 Å². The summed E-state index contributed by atoms with van der Waals surface area (Å²) in [5.74, 6) is -0.101. The predicted octanol–water partition coefficient (Wildman–Crippen LogP) is 3.27. The summed E-state index contributed by atoms with van der Waals surface area (Å²) in [6, 6.07) is 7.93. The van der Waals surface area contributed by atoms with Crippen LogP contribution in [0, 0.1) is 5.92 Å². The van der Waals surface area contributed by atoms with Crippen LogP contribution in [0.4, 0.5) is 0 Å². The van der Waals surface area contributed by atoms with Crippen LogP contribution in [0.5, 0.6) is 5.75 Å². The maximum Gasteiger partial charge on any atom is 0.306 e. The Hall–Kier alpha value is -2.04. The van der Waals surface area contributed by atoms with Crippen molar-refractivity contribution in [3.05, 3.63) is 29.8 Å². The molecule has 1 amide bonds. The van der Waals surface area contributed by atoms with E-state index in [-0.39, 0.29) is 17.9 Å². The molecule has 2 aliphatic carbocycles. The molecule has 3 rings (SSSR count). The van der Waals surface area contributed by atoms with Gasteiger partial charge in [0.05, 0.1) is 18.4 Å². The van der Waals surface area contributed by atoms with E-state index in [2.05, 4.69) is 5.32 Å². The van der Waals surface area contributed by atoms with Gasteiger partial charge in [0, 0.05) is 6.04 Å². The van der Waals surface area contributed by atoms with Crippen molar-refractivity contribution in [2.45, 2.75) is 62.8 Å². The van der Waals surface area contributed by atoms with E-state index in [0.717, 1.165) is 49.8 Å². The molecule has 0 heterocycles. The maximum atomic E-state index is 13.2. The van der Waals surface area contributed by atoms with Crippen LogP contribution in [-0.2, 0) is 15.0 Å². The summed E-state index contributed by atoms with van der Waals surface area (Å²) >= 11 is 0. The second-order valence-corrected chi connectivity index (χ2v) is 7.38. The topological polar surface area (TPSA) is 75.6 Å². The molecule has 5 heteroatoms. The van der Waals surface area contributed by atoms with Gasteiger partial charge in [-0.2, -0.15) is 0 Å². The highest BCUT2D eigenvalue weighted by atomic mass is 16.5. The number of methoxy groups -OCH3 is 1. The number of hydrogen-bond donors (Lipinski definition) is 2. The third-order valence-electron chi connectivity index (χ3n) is 5.93. The molecule has 136 valence electrons. The first-order valence-electron chi connectivity index (χ1n) is 9.23. The van der Waals surface area contributed by atoms with Gasteiger partial charge in [-0.15, -0.1) is 0 Å². The van der Waals surface area contributed by atoms with Gasteiger partial charge < -0.3 is 15.2 Å². The average Bonchev–Trinajstić information content (AvgIpc) is 3.13. The van der Waals surface area contributed by atoms with Gasteiger partial charge in [0.2, 0.25) is 5.91 Å². The standard InChI is InChI=1S/C20H27NO4/c1-25-17-6-4-5-15(13-17)20(11-2-3-12-20)19(24)21-16-9-7-14(8-10-16)18(22)23/h4-6,13-14,16H,2-3,7-12H2,1H3,(H,21,24)(H,22,23). The highest BCUT2D eigenvalue weighted by Crippen LogP contribution is 2.42. The van der Waals surface area contributed by atoms with Crippen LogP contribution in [0.3, 0.4) is 0 Å². The highest BCUT2D eigenvalue weighted by Gasteiger charge is 2.43. The van der Waals surface area contributed by atoms with Crippen molar-refractivity contribution in [2.24, 2.45) is 5.92 Å². The van der Waals surface area contributed by atoms with Crippen LogP contribution in [0.25, 0.3) is 0 Å². The highest BCUT2D eigenvalue weighted by molar-refractivity contribution is 5.89. The second kappa shape index (κ2) is 7.46. The van der Waals surface area contributed by atoms with E-state index in [0.29, 0.717) is 12.8 Å². The molecule has 1 aromatic carbocycles. The molecule has 2 aliphatic rings. The number of aliphatic carboxylic acids is 1. The monoisotopic (exact) mass is 345 g/mol. The third kappa shape index (κ3) is 3.65. The minimum absolute atomic E-state index is 0.0891. The van der Waals surface area contributed by atoms with E-state index < -0.39 is 11.4 Å². The fraction of sp³-hybridized carbons (Fsp3) is 0.600. The van der Waals surface area contributed by atoms with Gasteiger partial charge in [0.25, 0.3) is 0 Å². The molecule has 5 nitrogen and oxygen atoms in total. The Morgan fingerprint density at radius 3 is 2.44 bits per heavy atom. The first-order chi connectivity index (χ1) is 12.0. The largest absolute Gasteiger partial charge is 0.497 e. The number of carboxylic acid groups (broad SMARTS) is 1. The first-order valence-corrected chi connectivity index (χ1v) is 9.23. The average molecular weight is 345 g/mol. The Labute approximate surface area is 148 Å². The molecule has 0 saturated heterocycles. The lowest BCUT2D eigenvalue weighted by Crippen LogP contribution is -2.48. The Morgan fingerprint density at radius 1 is 1.16 bits per heavy atom. The summed E-state index contributed by atoms with van der Waals surface area (Å²) in [4.78, 5) is 24.3. The molecule has 0 unspecified atom stereocenters. The summed E-state index contributed by atoms with van der Waals surface area (Å²) in [5.41, 5.74) is 0.555. The van der Waals surface area contributed by atoms with Crippen LogP contribution in [-0.4, -0.2) is 30.1 Å². The van der Waals surface area contributed by atoms with Crippen LogP contribution in [0.2, 0.25) is 0 Å². The molecule has 0 radical (unpaired) electrons. The predicted molar refractivity (Wildman–Crippen MR) is 94.7 cm³/mol. The minimum Gasteiger partial charge on any atom is -0.497 e. The van der Waals surface area contributed by atoms with E-state index >= 15 is 0 Å². The number of ether oxygens (including phenoxy) is 1. The maximum absolute atomic E-state index is 13.2. The van der Waals surface area contributed by atoms with E-state index in [4.69, 9.17) is 9.84 Å². The molecule has 2 saturated carbocycles. The van der Waals surface area contributed by atoms with E-state index in [1.807, 2.05) is 24.3 Å². The molecular formula is C20H27NO4. The third-order valence-corrected chi connectivity index (χ3v) is 5.93. The quantitative estimate of drug-likeness (QED) is 0.859. The van der Waals surface area contributed by atoms with Crippen LogP contribution in [0.1, 0.15) is 56.9 Å². The van der Waals surface area contributed by atoms with Crippen molar-refractivity contribution in [3.8, 4) is 5.75 Å². The number of amides is 1. The van der Waals surface area contributed by atoms with Crippen molar-refractivity contribution in [1.29, 1.82) is 0 Å². The lowest BCUT2D eigenvalue weighted by molar-refractivity contribution is -0.142. The second-order valence-electron chi connectivity index (χ2n) is 7.38. The van der Waals surface area contributed by atoms with Crippen molar-refractivity contribution in [2.75, 3.05) is 7.11 Å². The van der Waals surface area contributed by atoms with Gasteiger partial charge in [-0.1, -0.05) is 25.0 Å².